The Labute approximate surface area is 180 Å². The van der Waals surface area contributed by atoms with Crippen LogP contribution in [-0.2, 0) is 16.0 Å². The van der Waals surface area contributed by atoms with Crippen LogP contribution in [0.1, 0.15) is 27.6 Å². The first kappa shape index (κ1) is 22.4. The van der Waals surface area contributed by atoms with Crippen LogP contribution in [0, 0.1) is 6.92 Å². The number of hydrazine groups is 1. The zero-order chi connectivity index (χ0) is 22.2. The van der Waals surface area contributed by atoms with E-state index < -0.39 is 0 Å². The van der Waals surface area contributed by atoms with E-state index in [0.717, 1.165) is 5.56 Å². The molecule has 1 atom stereocenters. The molecule has 11 nitrogen and oxygen atoms in total. The van der Waals surface area contributed by atoms with Crippen LogP contribution in [0.3, 0.4) is 0 Å². The van der Waals surface area contributed by atoms with Gasteiger partial charge in [0.1, 0.15) is 29.1 Å². The molecule has 0 unspecified atom stereocenters. The lowest BCUT2D eigenvalue weighted by atomic mass is 10.2. The van der Waals surface area contributed by atoms with Crippen LogP contribution < -0.4 is 21.6 Å². The summed E-state index contributed by atoms with van der Waals surface area (Å²) in [5.41, 5.74) is 7.43. The highest BCUT2D eigenvalue weighted by molar-refractivity contribution is 5.99. The first-order valence-electron chi connectivity index (χ1n) is 9.77. The van der Waals surface area contributed by atoms with E-state index in [2.05, 4.69) is 20.4 Å². The Morgan fingerprint density at radius 1 is 1.32 bits per heavy atom. The van der Waals surface area contributed by atoms with Crippen molar-refractivity contribution >= 4 is 11.7 Å². The maximum atomic E-state index is 12.6. The molecule has 0 saturated carbocycles. The number of amidine groups is 1. The topological polar surface area (TPSA) is 150 Å². The van der Waals surface area contributed by atoms with Crippen LogP contribution in [0.25, 0.3) is 0 Å². The molecule has 5 N–H and O–H groups in total. The molecule has 0 bridgehead atoms. The number of hydrogen-bond donors (Lipinski definition) is 3. The van der Waals surface area contributed by atoms with E-state index in [-0.39, 0.29) is 23.5 Å². The summed E-state index contributed by atoms with van der Waals surface area (Å²) in [5.74, 6) is 6.71. The predicted molar refractivity (Wildman–Crippen MR) is 113 cm³/mol. The normalized spacial score (nSPS) is 16.6. The van der Waals surface area contributed by atoms with E-state index in [1.165, 1.54) is 11.2 Å². The summed E-state index contributed by atoms with van der Waals surface area (Å²) in [5, 5.41) is 8.13. The predicted octanol–water partition coefficient (Wildman–Crippen LogP) is -0.0650. The fourth-order valence-electron chi connectivity index (χ4n) is 2.95. The van der Waals surface area contributed by atoms with E-state index in [1.54, 1.807) is 14.0 Å². The molecule has 1 saturated heterocycles. The van der Waals surface area contributed by atoms with Gasteiger partial charge in [-0.15, -0.1) is 5.10 Å². The average Bonchev–Trinajstić information content (AvgIpc) is 2.77. The number of carbonyl (C=O) groups excluding carboxylic acids is 1. The van der Waals surface area contributed by atoms with Crippen molar-refractivity contribution in [1.29, 1.82) is 0 Å². The second-order valence-electron chi connectivity index (χ2n) is 6.89. The lowest BCUT2D eigenvalue weighted by Gasteiger charge is -2.25. The molecular formula is C20H27N7O4. The van der Waals surface area contributed by atoms with Crippen LogP contribution in [0.4, 0.5) is 0 Å². The summed E-state index contributed by atoms with van der Waals surface area (Å²) in [6, 6.07) is 8.90. The maximum absolute atomic E-state index is 12.6. The smallest absolute Gasteiger partial charge is 0.270 e. The van der Waals surface area contributed by atoms with Crippen LogP contribution >= 0.6 is 0 Å². The van der Waals surface area contributed by atoms with Gasteiger partial charge in [0.05, 0.1) is 33.5 Å². The Hall–Kier alpha value is -3.28. The van der Waals surface area contributed by atoms with E-state index in [4.69, 9.17) is 25.8 Å². The molecule has 31 heavy (non-hydrogen) atoms. The van der Waals surface area contributed by atoms with Crippen molar-refractivity contribution in [3.63, 3.8) is 0 Å². The number of methoxy groups -OCH3 is 1. The van der Waals surface area contributed by atoms with Crippen molar-refractivity contribution in [3.05, 3.63) is 53.1 Å². The van der Waals surface area contributed by atoms with Crippen LogP contribution in [0.5, 0.6) is 5.75 Å². The summed E-state index contributed by atoms with van der Waals surface area (Å²) < 4.78 is 16.1. The molecule has 1 amide bonds. The van der Waals surface area contributed by atoms with Gasteiger partial charge in [0, 0.05) is 6.54 Å². The number of nitrogens with one attached hydrogen (secondary N) is 1. The summed E-state index contributed by atoms with van der Waals surface area (Å²) in [6.07, 6.45) is -0.194. The molecule has 1 aliphatic rings. The SMILES string of the molecule is COc1cccc(CNC(=O)c2cc(/C(N)=N/N(N)C[C@@H]3COCCO3)nc(C)n2)c1. The second kappa shape index (κ2) is 10.7. The van der Waals surface area contributed by atoms with Crippen LogP contribution in [0.15, 0.2) is 35.4 Å². The number of nitrogens with zero attached hydrogens (tertiary/aromatic N) is 4. The van der Waals surface area contributed by atoms with Crippen molar-refractivity contribution in [2.45, 2.75) is 19.6 Å². The quantitative estimate of drug-likeness (QED) is 0.227. The minimum atomic E-state index is -0.361. The highest BCUT2D eigenvalue weighted by atomic mass is 16.6. The second-order valence-corrected chi connectivity index (χ2v) is 6.89. The maximum Gasteiger partial charge on any atom is 0.270 e. The molecule has 1 aromatic carbocycles. The summed E-state index contributed by atoms with van der Waals surface area (Å²) in [6.45, 7) is 3.81. The zero-order valence-electron chi connectivity index (χ0n) is 17.6. The largest absolute Gasteiger partial charge is 0.497 e. The van der Waals surface area contributed by atoms with Gasteiger partial charge in [-0.1, -0.05) is 12.1 Å². The minimum absolute atomic E-state index is 0.0616. The number of rotatable bonds is 8. The van der Waals surface area contributed by atoms with E-state index in [1.807, 2.05) is 24.3 Å². The lowest BCUT2D eigenvalue weighted by Crippen LogP contribution is -2.41. The Morgan fingerprint density at radius 3 is 2.87 bits per heavy atom. The van der Waals surface area contributed by atoms with E-state index >= 15 is 0 Å². The molecule has 11 heteroatoms. The highest BCUT2D eigenvalue weighted by Gasteiger charge is 2.17. The summed E-state index contributed by atoms with van der Waals surface area (Å²) in [7, 11) is 1.59. The van der Waals surface area contributed by atoms with Gasteiger partial charge >= 0.3 is 0 Å². The van der Waals surface area contributed by atoms with Gasteiger partial charge in [0.2, 0.25) is 0 Å². The molecule has 3 rings (SSSR count). The van der Waals surface area contributed by atoms with Gasteiger partial charge in [0.15, 0.2) is 5.84 Å². The number of benzene rings is 1. The van der Waals surface area contributed by atoms with Crippen molar-refractivity contribution in [1.82, 2.24) is 20.4 Å². The third-order valence-electron chi connectivity index (χ3n) is 4.43. The molecule has 2 heterocycles. The minimum Gasteiger partial charge on any atom is -0.497 e. The lowest BCUT2D eigenvalue weighted by molar-refractivity contribution is -0.0976. The van der Waals surface area contributed by atoms with Gasteiger partial charge in [-0.3, -0.25) is 4.79 Å². The molecule has 166 valence electrons. The Morgan fingerprint density at radius 2 is 2.13 bits per heavy atom. The first-order chi connectivity index (χ1) is 14.9. The summed E-state index contributed by atoms with van der Waals surface area (Å²) in [4.78, 5) is 21.1. The molecule has 0 radical (unpaired) electrons. The summed E-state index contributed by atoms with van der Waals surface area (Å²) >= 11 is 0. The van der Waals surface area contributed by atoms with Crippen molar-refractivity contribution in [2.75, 3.05) is 33.5 Å². The van der Waals surface area contributed by atoms with Gasteiger partial charge in [-0.2, -0.15) is 0 Å². The molecule has 0 aliphatic carbocycles. The van der Waals surface area contributed by atoms with Crippen LogP contribution in [-0.4, -0.2) is 66.4 Å². The van der Waals surface area contributed by atoms with Gasteiger partial charge in [-0.25, -0.2) is 20.9 Å². The average molecular weight is 429 g/mol. The fraction of sp³-hybridized carbons (Fsp3) is 0.400. The fourth-order valence-corrected chi connectivity index (χ4v) is 2.95. The standard InChI is InChI=1S/C20H27N7O4/c1-13-24-17(19(21)26-27(22)11-16-12-30-6-7-31-16)9-18(25-13)20(28)23-10-14-4-3-5-15(8-14)29-2/h3-5,8-9,16H,6-7,10-12,22H2,1-2H3,(H2,21,26)(H,23,28)/t16-/m1/s1. The highest BCUT2D eigenvalue weighted by Crippen LogP contribution is 2.12. The van der Waals surface area contributed by atoms with Crippen molar-refractivity contribution in [3.8, 4) is 5.75 Å². The zero-order valence-corrected chi connectivity index (χ0v) is 17.6. The molecule has 1 fully saturated rings. The van der Waals surface area contributed by atoms with Gasteiger partial charge < -0.3 is 25.3 Å². The first-order valence-corrected chi connectivity index (χ1v) is 9.77. The number of amides is 1. The molecular weight excluding hydrogens is 402 g/mol. The number of nitrogens with two attached hydrogens (primary N) is 2. The number of carbonyl (C=O) groups is 1. The van der Waals surface area contributed by atoms with E-state index in [0.29, 0.717) is 50.2 Å². The molecule has 1 aromatic heterocycles. The number of aryl methyl sites for hydroxylation is 1. The van der Waals surface area contributed by atoms with Crippen LogP contribution in [0.2, 0.25) is 0 Å². The van der Waals surface area contributed by atoms with Crippen molar-refractivity contribution in [2.24, 2.45) is 16.7 Å². The number of hydrazone groups is 1. The van der Waals surface area contributed by atoms with E-state index in [9.17, 15) is 4.79 Å². The van der Waals surface area contributed by atoms with Crippen molar-refractivity contribution < 1.29 is 19.0 Å². The third kappa shape index (κ3) is 6.60. The van der Waals surface area contributed by atoms with Gasteiger partial charge in [0.25, 0.3) is 5.91 Å². The number of aromatic nitrogens is 2. The number of hydrogen-bond acceptors (Lipinski definition) is 9. The Balaban J connectivity index is 1.65. The third-order valence-corrected chi connectivity index (χ3v) is 4.43. The molecule has 0 spiro atoms. The number of ether oxygens (including phenoxy) is 3. The monoisotopic (exact) mass is 429 g/mol. The molecule has 2 aromatic rings. The Kier molecular flexibility index (Phi) is 7.70. The van der Waals surface area contributed by atoms with Gasteiger partial charge in [-0.05, 0) is 30.7 Å². The molecule has 1 aliphatic heterocycles. The Bertz CT molecular complexity index is 931.